The number of nitrogens with one attached hydrogen (secondary N) is 1. The predicted molar refractivity (Wildman–Crippen MR) is 120 cm³/mol. The van der Waals surface area contributed by atoms with Crippen LogP contribution in [0.1, 0.15) is 10.4 Å². The van der Waals surface area contributed by atoms with Crippen LogP contribution in [0.3, 0.4) is 0 Å². The summed E-state index contributed by atoms with van der Waals surface area (Å²) in [6, 6.07) is 8.18. The highest BCUT2D eigenvalue weighted by Gasteiger charge is 2.21. The number of sulfonamides is 1. The standard InChI is InChI=1S/C20H14Cl3FN2O5S/c1-30-18-8-13(19(27)26-32(2,28)29)16(24)7-12(18)10-5-15(23)20(25-9-10)31-17-4-3-11(21)6-14(17)22/h3-9H,1-2H3,(H,26,27). The molecule has 0 aliphatic rings. The van der Waals surface area contributed by atoms with Gasteiger partial charge in [0.1, 0.15) is 22.3 Å². The highest BCUT2D eigenvalue weighted by atomic mass is 35.5. The first-order valence-electron chi connectivity index (χ1n) is 8.67. The molecule has 0 aliphatic heterocycles. The molecule has 0 saturated carbocycles. The summed E-state index contributed by atoms with van der Waals surface area (Å²) in [6.07, 6.45) is 2.14. The molecule has 1 amide bonds. The molecule has 1 N–H and O–H groups in total. The fourth-order valence-corrected chi connectivity index (χ4v) is 3.75. The summed E-state index contributed by atoms with van der Waals surface area (Å²) in [5, 5.41) is 0.778. The zero-order chi connectivity index (χ0) is 23.6. The Labute approximate surface area is 198 Å². The van der Waals surface area contributed by atoms with Crippen LogP contribution < -0.4 is 14.2 Å². The van der Waals surface area contributed by atoms with Gasteiger partial charge in [-0.2, -0.15) is 0 Å². The summed E-state index contributed by atoms with van der Waals surface area (Å²) in [7, 11) is -2.57. The number of halogens is 4. The van der Waals surface area contributed by atoms with E-state index in [-0.39, 0.29) is 33.0 Å². The number of carbonyl (C=O) groups is 1. The molecular weight excluding hydrogens is 506 g/mol. The van der Waals surface area contributed by atoms with Crippen LogP contribution in [0.2, 0.25) is 15.1 Å². The molecule has 0 saturated heterocycles. The first kappa shape index (κ1) is 24.1. The maximum absolute atomic E-state index is 14.6. The molecule has 2 aromatic carbocycles. The summed E-state index contributed by atoms with van der Waals surface area (Å²) < 4.78 is 49.7. The Morgan fingerprint density at radius 1 is 1.06 bits per heavy atom. The monoisotopic (exact) mass is 518 g/mol. The van der Waals surface area contributed by atoms with Crippen molar-refractivity contribution in [2.45, 2.75) is 0 Å². The van der Waals surface area contributed by atoms with Crippen molar-refractivity contribution >= 4 is 50.7 Å². The Hall–Kier alpha value is -2.59. The minimum absolute atomic E-state index is 0.0447. The molecule has 0 spiro atoms. The third kappa shape index (κ3) is 5.60. The van der Waals surface area contributed by atoms with Crippen molar-refractivity contribution in [3.05, 3.63) is 69.0 Å². The normalized spacial score (nSPS) is 11.2. The van der Waals surface area contributed by atoms with Gasteiger partial charge in [-0.25, -0.2) is 22.5 Å². The van der Waals surface area contributed by atoms with Crippen LogP contribution >= 0.6 is 34.8 Å². The summed E-state index contributed by atoms with van der Waals surface area (Å²) in [6.45, 7) is 0. The van der Waals surface area contributed by atoms with E-state index in [4.69, 9.17) is 44.3 Å². The number of hydrogen-bond donors (Lipinski definition) is 1. The first-order valence-corrected chi connectivity index (χ1v) is 11.7. The Morgan fingerprint density at radius 2 is 1.78 bits per heavy atom. The minimum atomic E-state index is -3.88. The van der Waals surface area contributed by atoms with Crippen LogP contribution in [0.15, 0.2) is 42.6 Å². The largest absolute Gasteiger partial charge is 0.496 e. The Morgan fingerprint density at radius 3 is 2.38 bits per heavy atom. The van der Waals surface area contributed by atoms with Crippen LogP contribution in [-0.2, 0) is 10.0 Å². The van der Waals surface area contributed by atoms with Crippen molar-refractivity contribution in [3.63, 3.8) is 0 Å². The quantitative estimate of drug-likeness (QED) is 0.472. The zero-order valence-corrected chi connectivity index (χ0v) is 19.5. The second kappa shape index (κ2) is 9.50. The third-order valence-electron chi connectivity index (χ3n) is 4.03. The van der Waals surface area contributed by atoms with Crippen LogP contribution in [0, 0.1) is 5.82 Å². The number of amides is 1. The van der Waals surface area contributed by atoms with Crippen molar-refractivity contribution < 1.29 is 27.1 Å². The molecule has 1 aromatic heterocycles. The van der Waals surface area contributed by atoms with Crippen molar-refractivity contribution in [2.24, 2.45) is 0 Å². The minimum Gasteiger partial charge on any atom is -0.496 e. The topological polar surface area (TPSA) is 94.6 Å². The molecule has 7 nitrogen and oxygen atoms in total. The maximum Gasteiger partial charge on any atom is 0.267 e. The Bertz CT molecular complexity index is 1320. The fourth-order valence-electron chi connectivity index (χ4n) is 2.66. The molecule has 3 rings (SSSR count). The van der Waals surface area contributed by atoms with E-state index in [0.29, 0.717) is 10.6 Å². The van der Waals surface area contributed by atoms with Gasteiger partial charge in [-0.15, -0.1) is 0 Å². The summed E-state index contributed by atoms with van der Waals surface area (Å²) in [5.74, 6) is -1.68. The van der Waals surface area contributed by atoms with Crippen LogP contribution in [0.25, 0.3) is 11.1 Å². The smallest absolute Gasteiger partial charge is 0.267 e. The number of aromatic nitrogens is 1. The molecule has 0 bridgehead atoms. The molecule has 3 aromatic rings. The lowest BCUT2D eigenvalue weighted by atomic mass is 10.0. The maximum atomic E-state index is 14.6. The van der Waals surface area contributed by atoms with Gasteiger partial charge in [-0.05, 0) is 36.4 Å². The molecule has 0 fully saturated rings. The van der Waals surface area contributed by atoms with Gasteiger partial charge in [0.2, 0.25) is 15.9 Å². The molecule has 168 valence electrons. The van der Waals surface area contributed by atoms with Gasteiger partial charge >= 0.3 is 0 Å². The second-order valence-corrected chi connectivity index (χ2v) is 9.42. The van der Waals surface area contributed by atoms with Crippen molar-refractivity contribution in [3.8, 4) is 28.5 Å². The average Bonchev–Trinajstić information content (AvgIpc) is 2.69. The summed E-state index contributed by atoms with van der Waals surface area (Å²) in [4.78, 5) is 16.2. The van der Waals surface area contributed by atoms with Crippen molar-refractivity contribution in [1.29, 1.82) is 0 Å². The number of hydrogen-bond acceptors (Lipinski definition) is 6. The van der Waals surface area contributed by atoms with Crippen LogP contribution in [0.5, 0.6) is 17.4 Å². The highest BCUT2D eigenvalue weighted by molar-refractivity contribution is 7.89. The van der Waals surface area contributed by atoms with E-state index in [1.54, 1.807) is 16.9 Å². The highest BCUT2D eigenvalue weighted by Crippen LogP contribution is 2.38. The molecule has 0 radical (unpaired) electrons. The third-order valence-corrected chi connectivity index (χ3v) is 5.39. The number of rotatable bonds is 6. The Kier molecular flexibility index (Phi) is 7.14. The van der Waals surface area contributed by atoms with Gasteiger partial charge in [-0.3, -0.25) is 4.79 Å². The van der Waals surface area contributed by atoms with Crippen molar-refractivity contribution in [2.75, 3.05) is 13.4 Å². The van der Waals surface area contributed by atoms with E-state index in [0.717, 1.165) is 18.4 Å². The second-order valence-electron chi connectivity index (χ2n) is 6.42. The van der Waals surface area contributed by atoms with Crippen LogP contribution in [-0.4, -0.2) is 32.7 Å². The van der Waals surface area contributed by atoms with Gasteiger partial charge in [0, 0.05) is 22.3 Å². The number of benzene rings is 2. The van der Waals surface area contributed by atoms with E-state index in [1.165, 1.54) is 25.4 Å². The van der Waals surface area contributed by atoms with Gasteiger partial charge in [0.25, 0.3) is 5.91 Å². The van der Waals surface area contributed by atoms with Gasteiger partial charge < -0.3 is 9.47 Å². The van der Waals surface area contributed by atoms with E-state index in [9.17, 15) is 17.6 Å². The molecule has 1 heterocycles. The van der Waals surface area contributed by atoms with E-state index >= 15 is 0 Å². The summed E-state index contributed by atoms with van der Waals surface area (Å²) in [5.41, 5.74) is 0.0779. The number of pyridine rings is 1. The zero-order valence-electron chi connectivity index (χ0n) is 16.5. The lowest BCUT2D eigenvalue weighted by molar-refractivity contribution is 0.0977. The number of carbonyl (C=O) groups excluding carboxylic acids is 1. The number of nitrogens with zero attached hydrogens (tertiary/aromatic N) is 1. The Balaban J connectivity index is 1.96. The van der Waals surface area contributed by atoms with E-state index in [2.05, 4.69) is 4.98 Å². The molecule has 0 atom stereocenters. The molecule has 0 unspecified atom stereocenters. The van der Waals surface area contributed by atoms with Crippen LogP contribution in [0.4, 0.5) is 4.39 Å². The SMILES string of the molecule is COc1cc(C(=O)NS(C)(=O)=O)c(F)cc1-c1cnc(Oc2ccc(Cl)cc2Cl)c(Cl)c1. The lowest BCUT2D eigenvalue weighted by Gasteiger charge is -2.13. The summed E-state index contributed by atoms with van der Waals surface area (Å²) >= 11 is 18.2. The fraction of sp³-hybridized carbons (Fsp3) is 0.100. The van der Waals surface area contributed by atoms with Crippen molar-refractivity contribution in [1.82, 2.24) is 9.71 Å². The average molecular weight is 520 g/mol. The molecule has 12 heteroatoms. The first-order chi connectivity index (χ1) is 15.0. The predicted octanol–water partition coefficient (Wildman–Crippen LogP) is 5.34. The number of ether oxygens (including phenoxy) is 2. The van der Waals surface area contributed by atoms with Gasteiger partial charge in [-0.1, -0.05) is 34.8 Å². The molecule has 32 heavy (non-hydrogen) atoms. The van der Waals surface area contributed by atoms with E-state index in [1.807, 2.05) is 0 Å². The number of methoxy groups -OCH3 is 1. The van der Waals surface area contributed by atoms with E-state index < -0.39 is 27.3 Å². The van der Waals surface area contributed by atoms with Gasteiger partial charge in [0.15, 0.2) is 0 Å². The van der Waals surface area contributed by atoms with Gasteiger partial charge in [0.05, 0.1) is 24.0 Å². The molecule has 0 aliphatic carbocycles. The lowest BCUT2D eigenvalue weighted by Crippen LogP contribution is -2.30. The molecular formula is C20H14Cl3FN2O5S.